The van der Waals surface area contributed by atoms with Crippen LogP contribution in [-0.4, -0.2) is 27.9 Å². The first-order valence-electron chi connectivity index (χ1n) is 7.07. The van der Waals surface area contributed by atoms with Gasteiger partial charge in [0.2, 0.25) is 0 Å². The van der Waals surface area contributed by atoms with Gasteiger partial charge in [0.25, 0.3) is 5.91 Å². The summed E-state index contributed by atoms with van der Waals surface area (Å²) in [6.07, 6.45) is 4.41. The summed E-state index contributed by atoms with van der Waals surface area (Å²) in [5, 5.41) is 3.11. The normalized spacial score (nSPS) is 23.8. The van der Waals surface area contributed by atoms with Gasteiger partial charge >= 0.3 is 0 Å². The van der Waals surface area contributed by atoms with Gasteiger partial charge in [0.1, 0.15) is 11.3 Å². The van der Waals surface area contributed by atoms with Gasteiger partial charge in [-0.25, -0.2) is 4.98 Å². The van der Waals surface area contributed by atoms with E-state index in [4.69, 9.17) is 5.73 Å². The second-order valence-electron chi connectivity index (χ2n) is 6.23. The Hall–Kier alpha value is -1.40. The number of rotatable bonds is 3. The highest BCUT2D eigenvalue weighted by molar-refractivity contribution is 9.10. The van der Waals surface area contributed by atoms with Crippen molar-refractivity contribution < 1.29 is 4.79 Å². The molecule has 2 aromatic heterocycles. The van der Waals surface area contributed by atoms with E-state index in [1.54, 1.807) is 10.6 Å². The number of nitrogens with zero attached hydrogens (tertiary/aromatic N) is 2. The minimum atomic E-state index is -0.0888. The lowest BCUT2D eigenvalue weighted by molar-refractivity contribution is 0.0198. The minimum Gasteiger partial charge on any atom is -0.347 e. The first kappa shape index (κ1) is 14.5. The molecule has 1 saturated carbocycles. The van der Waals surface area contributed by atoms with Gasteiger partial charge in [-0.15, -0.1) is 0 Å². The van der Waals surface area contributed by atoms with Gasteiger partial charge in [-0.05, 0) is 52.4 Å². The van der Waals surface area contributed by atoms with E-state index in [1.165, 1.54) is 0 Å². The fraction of sp³-hybridized carbons (Fsp3) is 0.467. The molecule has 2 aromatic rings. The zero-order valence-electron chi connectivity index (χ0n) is 12.1. The average molecular weight is 351 g/mol. The Morgan fingerprint density at radius 2 is 2.33 bits per heavy atom. The fourth-order valence-electron chi connectivity index (χ4n) is 3.02. The molecule has 0 spiro atoms. The van der Waals surface area contributed by atoms with Crippen LogP contribution in [0.5, 0.6) is 0 Å². The zero-order valence-corrected chi connectivity index (χ0v) is 13.7. The first-order chi connectivity index (χ1) is 9.93. The summed E-state index contributed by atoms with van der Waals surface area (Å²) < 4.78 is 2.71. The molecule has 2 heterocycles. The zero-order chi connectivity index (χ0) is 15.2. The van der Waals surface area contributed by atoms with Crippen molar-refractivity contribution in [2.45, 2.75) is 26.3 Å². The van der Waals surface area contributed by atoms with Crippen molar-refractivity contribution >= 4 is 27.5 Å². The highest BCUT2D eigenvalue weighted by atomic mass is 79.9. The minimum absolute atomic E-state index is 0.0471. The molecule has 0 saturated heterocycles. The topological polar surface area (TPSA) is 72.4 Å². The summed E-state index contributed by atoms with van der Waals surface area (Å²) >= 11 is 3.42. The third-order valence-electron chi connectivity index (χ3n) is 4.76. The van der Waals surface area contributed by atoms with Crippen LogP contribution in [-0.2, 0) is 0 Å². The number of imidazole rings is 1. The number of pyridine rings is 1. The van der Waals surface area contributed by atoms with Crippen LogP contribution in [0.2, 0.25) is 0 Å². The van der Waals surface area contributed by atoms with Crippen LogP contribution in [0.15, 0.2) is 29.0 Å². The van der Waals surface area contributed by atoms with Gasteiger partial charge in [0.15, 0.2) is 0 Å². The summed E-state index contributed by atoms with van der Waals surface area (Å²) in [5.41, 5.74) is 7.12. The number of aromatic nitrogens is 2. The Bertz CT molecular complexity index is 694. The molecule has 1 amide bonds. The Kier molecular flexibility index (Phi) is 3.53. The third kappa shape index (κ3) is 2.36. The molecule has 6 heteroatoms. The number of carbonyl (C=O) groups excluding carboxylic acids is 1. The van der Waals surface area contributed by atoms with Crippen molar-refractivity contribution in [3.8, 4) is 0 Å². The van der Waals surface area contributed by atoms with E-state index < -0.39 is 0 Å². The van der Waals surface area contributed by atoms with Crippen LogP contribution in [0.3, 0.4) is 0 Å². The summed E-state index contributed by atoms with van der Waals surface area (Å²) in [4.78, 5) is 16.8. The number of fused-ring (bicyclic) bond motifs is 1. The highest BCUT2D eigenvalue weighted by Crippen LogP contribution is 2.45. The van der Waals surface area contributed by atoms with Crippen molar-refractivity contribution in [3.63, 3.8) is 0 Å². The van der Waals surface area contributed by atoms with Gasteiger partial charge in [0.05, 0.1) is 6.20 Å². The smallest absolute Gasteiger partial charge is 0.270 e. The molecule has 1 aliphatic carbocycles. The fourth-order valence-corrected chi connectivity index (χ4v) is 3.35. The molecule has 21 heavy (non-hydrogen) atoms. The predicted octanol–water partition coefficient (Wildman–Crippen LogP) is 2.20. The van der Waals surface area contributed by atoms with Gasteiger partial charge < -0.3 is 11.1 Å². The Morgan fingerprint density at radius 3 is 3.00 bits per heavy atom. The largest absolute Gasteiger partial charge is 0.347 e. The van der Waals surface area contributed by atoms with E-state index in [-0.39, 0.29) is 17.4 Å². The van der Waals surface area contributed by atoms with Gasteiger partial charge in [-0.3, -0.25) is 9.20 Å². The number of nitrogens with one attached hydrogen (secondary N) is 1. The molecular weight excluding hydrogens is 332 g/mol. The van der Waals surface area contributed by atoms with Gasteiger partial charge in [-0.1, -0.05) is 13.8 Å². The molecule has 2 unspecified atom stereocenters. The van der Waals surface area contributed by atoms with E-state index in [9.17, 15) is 4.79 Å². The Balaban J connectivity index is 1.81. The summed E-state index contributed by atoms with van der Waals surface area (Å²) in [6.45, 7) is 4.98. The van der Waals surface area contributed by atoms with Crippen LogP contribution in [0, 0.1) is 11.3 Å². The maximum Gasteiger partial charge on any atom is 0.270 e. The van der Waals surface area contributed by atoms with Crippen molar-refractivity contribution in [1.29, 1.82) is 0 Å². The standard InChI is InChI=1S/C15H19BrN4O/c1-15(2)9(6-17)5-12(15)19-14(21)11-7-18-13-4-3-10(16)8-20(11)13/h3-4,7-9,12H,5-6,17H2,1-2H3,(H,19,21). The average Bonchev–Trinajstić information content (AvgIpc) is 2.85. The summed E-state index contributed by atoms with van der Waals surface area (Å²) in [7, 11) is 0. The lowest BCUT2D eigenvalue weighted by Gasteiger charge is -2.52. The number of carbonyl (C=O) groups is 1. The van der Waals surface area contributed by atoms with E-state index in [0.717, 1.165) is 16.5 Å². The Labute approximate surface area is 132 Å². The molecule has 5 nitrogen and oxygen atoms in total. The van der Waals surface area contributed by atoms with Gasteiger partial charge in [-0.2, -0.15) is 0 Å². The third-order valence-corrected chi connectivity index (χ3v) is 5.23. The summed E-state index contributed by atoms with van der Waals surface area (Å²) in [6, 6.07) is 3.94. The molecular formula is C15H19BrN4O. The maximum atomic E-state index is 12.5. The molecule has 0 bridgehead atoms. The van der Waals surface area contributed by atoms with Crippen LogP contribution in [0.1, 0.15) is 30.8 Å². The molecule has 1 aliphatic rings. The molecule has 3 rings (SSSR count). The predicted molar refractivity (Wildman–Crippen MR) is 85.1 cm³/mol. The lowest BCUT2D eigenvalue weighted by Crippen LogP contribution is -2.60. The van der Waals surface area contributed by atoms with Crippen LogP contribution in [0.25, 0.3) is 5.65 Å². The number of amides is 1. The molecule has 0 radical (unpaired) electrons. The van der Waals surface area contributed by atoms with E-state index in [2.05, 4.69) is 40.1 Å². The molecule has 3 N–H and O–H groups in total. The van der Waals surface area contributed by atoms with Crippen molar-refractivity contribution in [1.82, 2.24) is 14.7 Å². The number of hydrogen-bond donors (Lipinski definition) is 2. The van der Waals surface area contributed by atoms with Crippen LogP contribution in [0.4, 0.5) is 0 Å². The number of hydrogen-bond acceptors (Lipinski definition) is 3. The first-order valence-corrected chi connectivity index (χ1v) is 7.86. The van der Waals surface area contributed by atoms with Crippen LogP contribution >= 0.6 is 15.9 Å². The van der Waals surface area contributed by atoms with Gasteiger partial charge in [0, 0.05) is 16.7 Å². The lowest BCUT2D eigenvalue weighted by atomic mass is 9.58. The Morgan fingerprint density at radius 1 is 1.57 bits per heavy atom. The monoisotopic (exact) mass is 350 g/mol. The second kappa shape index (κ2) is 5.10. The molecule has 112 valence electrons. The number of halogens is 1. The SMILES string of the molecule is CC1(C)C(CN)CC1NC(=O)c1cnc2ccc(Br)cn12. The van der Waals surface area contributed by atoms with E-state index in [1.807, 2.05) is 18.3 Å². The van der Waals surface area contributed by atoms with Crippen LogP contribution < -0.4 is 11.1 Å². The molecule has 0 aromatic carbocycles. The van der Waals surface area contributed by atoms with Crippen molar-refractivity contribution in [2.24, 2.45) is 17.1 Å². The van der Waals surface area contributed by atoms with Crippen molar-refractivity contribution in [3.05, 3.63) is 34.7 Å². The molecule has 0 aliphatic heterocycles. The molecule has 2 atom stereocenters. The number of nitrogens with two attached hydrogens (primary N) is 1. The van der Waals surface area contributed by atoms with E-state index >= 15 is 0 Å². The molecule has 1 fully saturated rings. The van der Waals surface area contributed by atoms with Crippen molar-refractivity contribution in [2.75, 3.05) is 6.54 Å². The second-order valence-corrected chi connectivity index (χ2v) is 7.15. The van der Waals surface area contributed by atoms with E-state index in [0.29, 0.717) is 18.2 Å². The highest BCUT2D eigenvalue weighted by Gasteiger charge is 2.47. The quantitative estimate of drug-likeness (QED) is 0.891. The summed E-state index contributed by atoms with van der Waals surface area (Å²) in [5.74, 6) is 0.383. The maximum absolute atomic E-state index is 12.5.